The summed E-state index contributed by atoms with van der Waals surface area (Å²) in [4.78, 5) is 12.7. The van der Waals surface area contributed by atoms with Gasteiger partial charge in [-0.3, -0.25) is 4.79 Å². The summed E-state index contributed by atoms with van der Waals surface area (Å²) in [5, 5.41) is 6.18. The first-order chi connectivity index (χ1) is 7.74. The molecule has 1 aliphatic heterocycles. The Labute approximate surface area is 116 Å². The van der Waals surface area contributed by atoms with Crippen LogP contribution in [-0.4, -0.2) is 19.0 Å². The molecule has 0 spiro atoms. The van der Waals surface area contributed by atoms with E-state index in [-0.39, 0.29) is 18.3 Å². The van der Waals surface area contributed by atoms with E-state index in [4.69, 9.17) is 11.6 Å². The lowest BCUT2D eigenvalue weighted by molar-refractivity contribution is -0.122. The predicted octanol–water partition coefficient (Wildman–Crippen LogP) is 2.44. The fraction of sp³-hybridized carbons (Fsp3) is 0.545. The molecule has 17 heavy (non-hydrogen) atoms. The van der Waals surface area contributed by atoms with Gasteiger partial charge in [0, 0.05) is 11.3 Å². The maximum absolute atomic E-state index is 11.6. The van der Waals surface area contributed by atoms with Gasteiger partial charge in [-0.15, -0.1) is 23.7 Å². The number of halogens is 2. The van der Waals surface area contributed by atoms with Crippen LogP contribution in [0, 0.1) is 5.92 Å². The lowest BCUT2D eigenvalue weighted by Crippen LogP contribution is -2.25. The van der Waals surface area contributed by atoms with E-state index in [9.17, 15) is 4.79 Å². The van der Waals surface area contributed by atoms with Crippen LogP contribution < -0.4 is 10.6 Å². The number of carbonyl (C=O) groups is 1. The van der Waals surface area contributed by atoms with Gasteiger partial charge in [0.25, 0.3) is 0 Å². The van der Waals surface area contributed by atoms with E-state index in [1.54, 1.807) is 0 Å². The van der Waals surface area contributed by atoms with E-state index in [0.29, 0.717) is 18.9 Å². The van der Waals surface area contributed by atoms with Crippen LogP contribution in [0.25, 0.3) is 0 Å². The molecule has 1 aromatic heterocycles. The molecule has 2 rings (SSSR count). The van der Waals surface area contributed by atoms with Crippen LogP contribution in [0.15, 0.2) is 12.1 Å². The number of rotatable bonds is 4. The van der Waals surface area contributed by atoms with Gasteiger partial charge < -0.3 is 10.6 Å². The van der Waals surface area contributed by atoms with E-state index < -0.39 is 0 Å². The Morgan fingerprint density at radius 1 is 1.59 bits per heavy atom. The summed E-state index contributed by atoms with van der Waals surface area (Å²) in [5.41, 5.74) is 0. The zero-order valence-electron chi connectivity index (χ0n) is 9.37. The minimum absolute atomic E-state index is 0. The highest BCUT2D eigenvalue weighted by Gasteiger charge is 2.17. The average Bonchev–Trinajstić information content (AvgIpc) is 2.87. The highest BCUT2D eigenvalue weighted by atomic mass is 35.5. The third-order valence-electron chi connectivity index (χ3n) is 2.73. The average molecular weight is 295 g/mol. The summed E-state index contributed by atoms with van der Waals surface area (Å²) >= 11 is 7.32. The van der Waals surface area contributed by atoms with Crippen molar-refractivity contribution in [2.45, 2.75) is 19.4 Å². The Morgan fingerprint density at radius 2 is 2.41 bits per heavy atom. The quantitative estimate of drug-likeness (QED) is 0.896. The van der Waals surface area contributed by atoms with Gasteiger partial charge in [-0.25, -0.2) is 0 Å². The van der Waals surface area contributed by atoms with Gasteiger partial charge in [-0.05, 0) is 37.6 Å². The molecule has 1 atom stereocenters. The first kappa shape index (κ1) is 14.8. The molecule has 0 bridgehead atoms. The van der Waals surface area contributed by atoms with Gasteiger partial charge in [0.05, 0.1) is 10.9 Å². The molecule has 1 aromatic rings. The Balaban J connectivity index is 0.00000144. The fourth-order valence-corrected chi connectivity index (χ4v) is 2.88. The number of hydrogen-bond donors (Lipinski definition) is 2. The van der Waals surface area contributed by atoms with E-state index in [1.165, 1.54) is 11.3 Å². The molecule has 0 aromatic carbocycles. The Kier molecular flexibility index (Phi) is 6.27. The van der Waals surface area contributed by atoms with Crippen molar-refractivity contribution in [1.82, 2.24) is 10.6 Å². The number of thiophene rings is 1. The Bertz CT molecular complexity index is 364. The molecule has 3 nitrogen and oxygen atoms in total. The summed E-state index contributed by atoms with van der Waals surface area (Å²) in [5.74, 6) is 0.644. The Hall–Kier alpha value is -0.290. The standard InChI is InChI=1S/C11H15ClN2OS.ClH/c12-10-2-1-9(16-10)7-14-11(15)5-8-3-4-13-6-8;/h1-2,8,13H,3-7H2,(H,14,15);1H. The smallest absolute Gasteiger partial charge is 0.220 e. The molecule has 2 N–H and O–H groups in total. The normalized spacial score (nSPS) is 18.8. The lowest BCUT2D eigenvalue weighted by atomic mass is 10.0. The molecular formula is C11H16Cl2N2OS. The molecule has 1 aliphatic rings. The topological polar surface area (TPSA) is 41.1 Å². The third kappa shape index (κ3) is 4.84. The predicted molar refractivity (Wildman–Crippen MR) is 74.0 cm³/mol. The summed E-state index contributed by atoms with van der Waals surface area (Å²) in [6, 6.07) is 3.80. The maximum Gasteiger partial charge on any atom is 0.220 e. The first-order valence-corrected chi connectivity index (χ1v) is 6.65. The van der Waals surface area contributed by atoms with E-state index in [0.717, 1.165) is 28.7 Å². The fourth-order valence-electron chi connectivity index (χ4n) is 1.86. The molecule has 2 heterocycles. The molecule has 0 radical (unpaired) electrons. The highest BCUT2D eigenvalue weighted by molar-refractivity contribution is 7.16. The van der Waals surface area contributed by atoms with Gasteiger partial charge in [0.1, 0.15) is 0 Å². The van der Waals surface area contributed by atoms with E-state index in [2.05, 4.69) is 10.6 Å². The van der Waals surface area contributed by atoms with Crippen molar-refractivity contribution >= 4 is 41.3 Å². The van der Waals surface area contributed by atoms with Crippen LogP contribution in [0.1, 0.15) is 17.7 Å². The second-order valence-corrected chi connectivity index (χ2v) is 5.85. The zero-order chi connectivity index (χ0) is 11.4. The molecule has 0 saturated carbocycles. The van der Waals surface area contributed by atoms with E-state index in [1.807, 2.05) is 12.1 Å². The molecule has 1 amide bonds. The van der Waals surface area contributed by atoms with Crippen molar-refractivity contribution in [3.05, 3.63) is 21.3 Å². The van der Waals surface area contributed by atoms with Crippen molar-refractivity contribution in [3.8, 4) is 0 Å². The molecule has 1 saturated heterocycles. The van der Waals surface area contributed by atoms with E-state index >= 15 is 0 Å². The summed E-state index contributed by atoms with van der Waals surface area (Å²) in [6.07, 6.45) is 1.74. The number of carbonyl (C=O) groups excluding carboxylic acids is 1. The highest BCUT2D eigenvalue weighted by Crippen LogP contribution is 2.21. The second kappa shape index (κ2) is 7.21. The van der Waals surface area contributed by atoms with Crippen molar-refractivity contribution in [1.29, 1.82) is 0 Å². The zero-order valence-corrected chi connectivity index (χ0v) is 11.8. The van der Waals surface area contributed by atoms with Crippen LogP contribution in [-0.2, 0) is 11.3 Å². The third-order valence-corrected chi connectivity index (χ3v) is 3.96. The van der Waals surface area contributed by atoms with Crippen LogP contribution in [0.2, 0.25) is 4.34 Å². The van der Waals surface area contributed by atoms with Crippen molar-refractivity contribution < 1.29 is 4.79 Å². The van der Waals surface area contributed by atoms with Gasteiger partial charge in [0.2, 0.25) is 5.91 Å². The van der Waals surface area contributed by atoms with Gasteiger partial charge in [-0.1, -0.05) is 11.6 Å². The van der Waals surface area contributed by atoms with Gasteiger partial charge in [0.15, 0.2) is 0 Å². The maximum atomic E-state index is 11.6. The summed E-state index contributed by atoms with van der Waals surface area (Å²) in [6.45, 7) is 2.60. The van der Waals surface area contributed by atoms with Crippen molar-refractivity contribution in [2.75, 3.05) is 13.1 Å². The van der Waals surface area contributed by atoms with Crippen LogP contribution in [0.3, 0.4) is 0 Å². The molecule has 96 valence electrons. The molecule has 1 unspecified atom stereocenters. The molecule has 1 fully saturated rings. The first-order valence-electron chi connectivity index (χ1n) is 5.45. The molecular weight excluding hydrogens is 279 g/mol. The number of amides is 1. The van der Waals surface area contributed by atoms with Gasteiger partial charge in [-0.2, -0.15) is 0 Å². The van der Waals surface area contributed by atoms with Gasteiger partial charge >= 0.3 is 0 Å². The minimum atomic E-state index is 0. The Morgan fingerprint density at radius 3 is 3.00 bits per heavy atom. The van der Waals surface area contributed by atoms with Crippen molar-refractivity contribution in [3.63, 3.8) is 0 Å². The monoisotopic (exact) mass is 294 g/mol. The number of hydrogen-bond acceptors (Lipinski definition) is 3. The number of nitrogens with one attached hydrogen (secondary N) is 2. The lowest BCUT2D eigenvalue weighted by Gasteiger charge is -2.08. The largest absolute Gasteiger partial charge is 0.351 e. The second-order valence-electron chi connectivity index (χ2n) is 4.05. The van der Waals surface area contributed by atoms with Crippen molar-refractivity contribution in [2.24, 2.45) is 5.92 Å². The minimum Gasteiger partial charge on any atom is -0.351 e. The molecule has 0 aliphatic carbocycles. The summed E-state index contributed by atoms with van der Waals surface area (Å²) in [7, 11) is 0. The molecule has 6 heteroatoms. The van der Waals surface area contributed by atoms with Crippen LogP contribution in [0.4, 0.5) is 0 Å². The van der Waals surface area contributed by atoms with Crippen LogP contribution >= 0.6 is 35.3 Å². The SMILES string of the molecule is Cl.O=C(CC1CCNC1)NCc1ccc(Cl)s1. The van der Waals surface area contributed by atoms with Crippen LogP contribution in [0.5, 0.6) is 0 Å². The summed E-state index contributed by atoms with van der Waals surface area (Å²) < 4.78 is 0.768.